The third-order valence-corrected chi connectivity index (χ3v) is 2.98. The zero-order valence-electron chi connectivity index (χ0n) is 11.7. The van der Waals surface area contributed by atoms with Crippen molar-refractivity contribution < 1.29 is 19.4 Å². The van der Waals surface area contributed by atoms with Gasteiger partial charge in [-0.3, -0.25) is 4.79 Å². The van der Waals surface area contributed by atoms with Crippen molar-refractivity contribution in [3.05, 3.63) is 23.8 Å². The van der Waals surface area contributed by atoms with Crippen LogP contribution in [0.25, 0.3) is 0 Å². The van der Waals surface area contributed by atoms with Gasteiger partial charge < -0.3 is 19.9 Å². The molecule has 0 saturated heterocycles. The van der Waals surface area contributed by atoms with Gasteiger partial charge in [0.1, 0.15) is 11.5 Å². The van der Waals surface area contributed by atoms with Gasteiger partial charge in [-0.05, 0) is 31.4 Å². The second-order valence-corrected chi connectivity index (χ2v) is 4.91. The number of carbonyl (C=O) groups is 1. The minimum atomic E-state index is -0.131. The number of hydrogen-bond donors (Lipinski definition) is 2. The molecule has 0 spiro atoms. The first-order valence-electron chi connectivity index (χ1n) is 7.01. The van der Waals surface area contributed by atoms with E-state index in [-0.39, 0.29) is 19.1 Å². The summed E-state index contributed by atoms with van der Waals surface area (Å²) in [7, 11) is 0. The molecule has 5 heteroatoms. The summed E-state index contributed by atoms with van der Waals surface area (Å²) in [6.07, 6.45) is 3.02. The van der Waals surface area contributed by atoms with Gasteiger partial charge in [-0.15, -0.1) is 0 Å². The van der Waals surface area contributed by atoms with E-state index in [0.717, 1.165) is 19.3 Å². The van der Waals surface area contributed by atoms with Crippen LogP contribution >= 0.6 is 0 Å². The van der Waals surface area contributed by atoms with Crippen molar-refractivity contribution in [2.24, 2.45) is 0 Å². The maximum Gasteiger partial charge on any atom is 0.258 e. The Hall–Kier alpha value is -1.75. The fraction of sp³-hybridized carbons (Fsp3) is 0.533. The Morgan fingerprint density at radius 2 is 2.20 bits per heavy atom. The standard InChI is InChI=1S/C15H21NO4/c1-2-7-19-13-6-3-11(9-17)14(8-13)20-10-15(18)16-12-4-5-12/h3,6,8,12,17H,2,4-5,7,9-10H2,1H3,(H,16,18). The Balaban J connectivity index is 1.93. The monoisotopic (exact) mass is 279 g/mol. The molecule has 0 atom stereocenters. The van der Waals surface area contributed by atoms with Crippen LogP contribution in [0.15, 0.2) is 18.2 Å². The van der Waals surface area contributed by atoms with Gasteiger partial charge in [0.2, 0.25) is 0 Å². The largest absolute Gasteiger partial charge is 0.493 e. The van der Waals surface area contributed by atoms with E-state index in [1.54, 1.807) is 18.2 Å². The van der Waals surface area contributed by atoms with Crippen LogP contribution in [0, 0.1) is 0 Å². The molecule has 1 aromatic carbocycles. The first kappa shape index (κ1) is 14.7. The summed E-state index contributed by atoms with van der Waals surface area (Å²) in [6, 6.07) is 5.57. The number of carbonyl (C=O) groups excluding carboxylic acids is 1. The molecule has 1 aliphatic rings. The number of benzene rings is 1. The lowest BCUT2D eigenvalue weighted by Gasteiger charge is -2.12. The third-order valence-electron chi connectivity index (χ3n) is 2.98. The van der Waals surface area contributed by atoms with Crippen LogP contribution in [0.2, 0.25) is 0 Å². The van der Waals surface area contributed by atoms with Crippen LogP contribution in [0.1, 0.15) is 31.7 Å². The molecule has 5 nitrogen and oxygen atoms in total. The second-order valence-electron chi connectivity index (χ2n) is 4.91. The molecular weight excluding hydrogens is 258 g/mol. The number of hydrogen-bond acceptors (Lipinski definition) is 4. The van der Waals surface area contributed by atoms with Gasteiger partial charge in [0, 0.05) is 17.7 Å². The third kappa shape index (κ3) is 4.42. The molecule has 0 bridgehead atoms. The van der Waals surface area contributed by atoms with Gasteiger partial charge in [-0.25, -0.2) is 0 Å². The van der Waals surface area contributed by atoms with E-state index >= 15 is 0 Å². The maximum absolute atomic E-state index is 11.6. The Bertz CT molecular complexity index is 457. The number of aliphatic hydroxyl groups excluding tert-OH is 1. The van der Waals surface area contributed by atoms with Crippen LogP contribution in [0.5, 0.6) is 11.5 Å². The van der Waals surface area contributed by atoms with E-state index < -0.39 is 0 Å². The van der Waals surface area contributed by atoms with Crippen molar-refractivity contribution in [2.75, 3.05) is 13.2 Å². The normalized spacial score (nSPS) is 13.9. The highest BCUT2D eigenvalue weighted by atomic mass is 16.5. The zero-order valence-corrected chi connectivity index (χ0v) is 11.7. The predicted molar refractivity (Wildman–Crippen MR) is 74.8 cm³/mol. The summed E-state index contributed by atoms with van der Waals surface area (Å²) >= 11 is 0. The Morgan fingerprint density at radius 1 is 1.40 bits per heavy atom. The summed E-state index contributed by atoms with van der Waals surface area (Å²) in [5, 5.41) is 12.1. The topological polar surface area (TPSA) is 67.8 Å². The van der Waals surface area contributed by atoms with Crippen LogP contribution < -0.4 is 14.8 Å². The molecule has 20 heavy (non-hydrogen) atoms. The summed E-state index contributed by atoms with van der Waals surface area (Å²) in [5.41, 5.74) is 0.646. The van der Waals surface area contributed by atoms with Gasteiger partial charge in [0.15, 0.2) is 6.61 Å². The summed E-state index contributed by atoms with van der Waals surface area (Å²) in [5.74, 6) is 1.05. The van der Waals surface area contributed by atoms with Crippen molar-refractivity contribution in [1.82, 2.24) is 5.32 Å². The number of ether oxygens (including phenoxy) is 2. The van der Waals surface area contributed by atoms with Crippen molar-refractivity contribution in [3.8, 4) is 11.5 Å². The van der Waals surface area contributed by atoms with Crippen molar-refractivity contribution >= 4 is 5.91 Å². The molecule has 0 aromatic heterocycles. The lowest BCUT2D eigenvalue weighted by Crippen LogP contribution is -2.30. The molecule has 1 saturated carbocycles. The van der Waals surface area contributed by atoms with Crippen LogP contribution in [-0.2, 0) is 11.4 Å². The van der Waals surface area contributed by atoms with Crippen molar-refractivity contribution in [2.45, 2.75) is 38.8 Å². The number of nitrogens with one attached hydrogen (secondary N) is 1. The molecule has 0 unspecified atom stereocenters. The van der Waals surface area contributed by atoms with Crippen LogP contribution in [-0.4, -0.2) is 30.3 Å². The van der Waals surface area contributed by atoms with Crippen LogP contribution in [0.4, 0.5) is 0 Å². The molecule has 2 rings (SSSR count). The zero-order chi connectivity index (χ0) is 14.4. The van der Waals surface area contributed by atoms with Gasteiger partial charge in [-0.1, -0.05) is 6.92 Å². The van der Waals surface area contributed by atoms with E-state index in [9.17, 15) is 9.90 Å². The van der Waals surface area contributed by atoms with E-state index in [1.165, 1.54) is 0 Å². The van der Waals surface area contributed by atoms with Gasteiger partial charge in [-0.2, -0.15) is 0 Å². The Kier molecular flexibility index (Phi) is 5.24. The molecule has 110 valence electrons. The quantitative estimate of drug-likeness (QED) is 0.759. The molecule has 1 aromatic rings. The molecule has 0 heterocycles. The van der Waals surface area contributed by atoms with Crippen molar-refractivity contribution in [1.29, 1.82) is 0 Å². The number of aliphatic hydroxyl groups is 1. The molecule has 0 aliphatic heterocycles. The van der Waals surface area contributed by atoms with Gasteiger partial charge in [0.25, 0.3) is 5.91 Å². The molecular formula is C15H21NO4. The summed E-state index contributed by atoms with van der Waals surface area (Å²) in [6.45, 7) is 2.48. The Morgan fingerprint density at radius 3 is 2.85 bits per heavy atom. The minimum absolute atomic E-state index is 0.0409. The number of rotatable bonds is 8. The van der Waals surface area contributed by atoms with E-state index in [2.05, 4.69) is 5.32 Å². The van der Waals surface area contributed by atoms with Gasteiger partial charge in [0.05, 0.1) is 13.2 Å². The summed E-state index contributed by atoms with van der Waals surface area (Å²) < 4.78 is 11.0. The number of amides is 1. The van der Waals surface area contributed by atoms with E-state index in [4.69, 9.17) is 9.47 Å². The molecule has 1 fully saturated rings. The summed E-state index contributed by atoms with van der Waals surface area (Å²) in [4.78, 5) is 11.6. The highest BCUT2D eigenvalue weighted by Gasteiger charge is 2.23. The highest BCUT2D eigenvalue weighted by Crippen LogP contribution is 2.25. The SMILES string of the molecule is CCCOc1ccc(CO)c(OCC(=O)NC2CC2)c1. The molecule has 1 amide bonds. The maximum atomic E-state index is 11.6. The average Bonchev–Trinajstić information content (AvgIpc) is 3.26. The minimum Gasteiger partial charge on any atom is -0.493 e. The first-order chi connectivity index (χ1) is 9.72. The lowest BCUT2D eigenvalue weighted by atomic mass is 10.2. The fourth-order valence-electron chi connectivity index (χ4n) is 1.75. The van der Waals surface area contributed by atoms with E-state index in [1.807, 2.05) is 6.92 Å². The second kappa shape index (κ2) is 7.14. The highest BCUT2D eigenvalue weighted by molar-refractivity contribution is 5.78. The fourth-order valence-corrected chi connectivity index (χ4v) is 1.75. The lowest BCUT2D eigenvalue weighted by molar-refractivity contribution is -0.123. The van der Waals surface area contributed by atoms with Crippen LogP contribution in [0.3, 0.4) is 0 Å². The van der Waals surface area contributed by atoms with Crippen molar-refractivity contribution in [3.63, 3.8) is 0 Å². The first-order valence-corrected chi connectivity index (χ1v) is 7.01. The molecule has 1 aliphatic carbocycles. The smallest absolute Gasteiger partial charge is 0.258 e. The average molecular weight is 279 g/mol. The predicted octanol–water partition coefficient (Wildman–Crippen LogP) is 1.63. The Labute approximate surface area is 118 Å². The van der Waals surface area contributed by atoms with Gasteiger partial charge >= 0.3 is 0 Å². The molecule has 0 radical (unpaired) electrons. The molecule has 2 N–H and O–H groups in total. The van der Waals surface area contributed by atoms with E-state index in [0.29, 0.717) is 29.7 Å².